The van der Waals surface area contributed by atoms with Crippen LogP contribution in [-0.4, -0.2) is 9.97 Å². The van der Waals surface area contributed by atoms with E-state index < -0.39 is 5.82 Å². The van der Waals surface area contributed by atoms with Crippen LogP contribution in [0.25, 0.3) is 0 Å². The molecular formula is C11H9F2N3. The lowest BCUT2D eigenvalue weighted by atomic mass is 10.3. The standard InChI is InChI=1S/C11H9F2N3/c1-7-10(13)11(15-6-14-7)16-9-4-2-8(12)3-5-9/h2-6H,1H3,(H,14,15,16). The molecule has 1 aromatic carbocycles. The van der Waals surface area contributed by atoms with E-state index in [0.29, 0.717) is 5.69 Å². The molecule has 2 aromatic rings. The van der Waals surface area contributed by atoms with Crippen molar-refractivity contribution in [3.05, 3.63) is 47.9 Å². The van der Waals surface area contributed by atoms with Crippen LogP contribution >= 0.6 is 0 Å². The summed E-state index contributed by atoms with van der Waals surface area (Å²) in [5, 5.41) is 2.75. The van der Waals surface area contributed by atoms with Gasteiger partial charge in [-0.15, -0.1) is 0 Å². The minimum Gasteiger partial charge on any atom is -0.338 e. The maximum Gasteiger partial charge on any atom is 0.186 e. The third kappa shape index (κ3) is 2.13. The SMILES string of the molecule is Cc1ncnc(Nc2ccc(F)cc2)c1F. The first kappa shape index (κ1) is 10.5. The minimum absolute atomic E-state index is 0.0825. The zero-order valence-corrected chi connectivity index (χ0v) is 8.54. The van der Waals surface area contributed by atoms with E-state index in [1.165, 1.54) is 30.6 Å². The Bertz CT molecular complexity index is 497. The fraction of sp³-hybridized carbons (Fsp3) is 0.0909. The smallest absolute Gasteiger partial charge is 0.186 e. The van der Waals surface area contributed by atoms with E-state index >= 15 is 0 Å². The lowest BCUT2D eigenvalue weighted by Crippen LogP contribution is -2.00. The van der Waals surface area contributed by atoms with Gasteiger partial charge in [-0.25, -0.2) is 18.7 Å². The molecule has 0 aliphatic heterocycles. The van der Waals surface area contributed by atoms with Crippen LogP contribution in [0.3, 0.4) is 0 Å². The fourth-order valence-corrected chi connectivity index (χ4v) is 1.21. The fourth-order valence-electron chi connectivity index (χ4n) is 1.21. The molecule has 82 valence electrons. The molecule has 0 unspecified atom stereocenters. The third-order valence-electron chi connectivity index (χ3n) is 2.07. The molecule has 0 aliphatic rings. The van der Waals surface area contributed by atoms with E-state index in [-0.39, 0.29) is 17.3 Å². The van der Waals surface area contributed by atoms with Crippen molar-refractivity contribution in [1.29, 1.82) is 0 Å². The Morgan fingerprint density at radius 1 is 1.06 bits per heavy atom. The quantitative estimate of drug-likeness (QED) is 0.847. The minimum atomic E-state index is -0.508. The van der Waals surface area contributed by atoms with Gasteiger partial charge in [-0.05, 0) is 31.2 Å². The summed E-state index contributed by atoms with van der Waals surface area (Å²) in [6.45, 7) is 1.55. The Balaban J connectivity index is 2.27. The van der Waals surface area contributed by atoms with Crippen LogP contribution in [0.15, 0.2) is 30.6 Å². The van der Waals surface area contributed by atoms with Gasteiger partial charge in [-0.3, -0.25) is 0 Å². The number of aryl methyl sites for hydroxylation is 1. The van der Waals surface area contributed by atoms with Crippen LogP contribution in [0.4, 0.5) is 20.3 Å². The van der Waals surface area contributed by atoms with E-state index in [2.05, 4.69) is 15.3 Å². The Labute approximate surface area is 91.2 Å². The second-order valence-corrected chi connectivity index (χ2v) is 3.25. The maximum atomic E-state index is 13.5. The molecule has 0 bridgehead atoms. The predicted molar refractivity (Wildman–Crippen MR) is 56.4 cm³/mol. The van der Waals surface area contributed by atoms with Gasteiger partial charge < -0.3 is 5.32 Å². The molecule has 1 aromatic heterocycles. The van der Waals surface area contributed by atoms with Gasteiger partial charge in [0.1, 0.15) is 12.1 Å². The highest BCUT2D eigenvalue weighted by Gasteiger charge is 2.07. The average molecular weight is 221 g/mol. The van der Waals surface area contributed by atoms with Crippen molar-refractivity contribution < 1.29 is 8.78 Å². The van der Waals surface area contributed by atoms with E-state index in [0.717, 1.165) is 0 Å². The molecular weight excluding hydrogens is 212 g/mol. The van der Waals surface area contributed by atoms with Gasteiger partial charge in [0.2, 0.25) is 0 Å². The van der Waals surface area contributed by atoms with Gasteiger partial charge in [-0.2, -0.15) is 0 Å². The molecule has 0 atom stereocenters. The molecule has 0 amide bonds. The van der Waals surface area contributed by atoms with E-state index in [1.54, 1.807) is 6.92 Å². The number of rotatable bonds is 2. The number of benzene rings is 1. The van der Waals surface area contributed by atoms with Gasteiger partial charge in [-0.1, -0.05) is 0 Å². The largest absolute Gasteiger partial charge is 0.338 e. The highest BCUT2D eigenvalue weighted by atomic mass is 19.1. The average Bonchev–Trinajstić information content (AvgIpc) is 2.28. The summed E-state index contributed by atoms with van der Waals surface area (Å²) in [6.07, 6.45) is 1.27. The summed E-state index contributed by atoms with van der Waals surface area (Å²) < 4.78 is 26.1. The Kier molecular flexibility index (Phi) is 2.76. The van der Waals surface area contributed by atoms with Gasteiger partial charge in [0.05, 0.1) is 5.69 Å². The first-order valence-electron chi connectivity index (χ1n) is 4.66. The van der Waals surface area contributed by atoms with Crippen molar-refractivity contribution in [3.63, 3.8) is 0 Å². The van der Waals surface area contributed by atoms with Crippen LogP contribution in [-0.2, 0) is 0 Å². The van der Waals surface area contributed by atoms with Crippen molar-refractivity contribution in [2.45, 2.75) is 6.92 Å². The zero-order valence-electron chi connectivity index (χ0n) is 8.54. The Morgan fingerprint density at radius 3 is 2.44 bits per heavy atom. The van der Waals surface area contributed by atoms with E-state index in [1.807, 2.05) is 0 Å². The number of nitrogens with zero attached hydrogens (tertiary/aromatic N) is 2. The molecule has 0 aliphatic carbocycles. The molecule has 0 saturated heterocycles. The van der Waals surface area contributed by atoms with Crippen LogP contribution in [0.1, 0.15) is 5.69 Å². The number of nitrogens with one attached hydrogen (secondary N) is 1. The van der Waals surface area contributed by atoms with Gasteiger partial charge in [0.15, 0.2) is 11.6 Å². The molecule has 0 radical (unpaired) electrons. The summed E-state index contributed by atoms with van der Waals surface area (Å²) in [7, 11) is 0. The lowest BCUT2D eigenvalue weighted by Gasteiger charge is -2.06. The monoisotopic (exact) mass is 221 g/mol. The first-order chi connectivity index (χ1) is 7.66. The summed E-state index contributed by atoms with van der Waals surface area (Å²) in [5.41, 5.74) is 0.831. The van der Waals surface area contributed by atoms with Crippen LogP contribution in [0.5, 0.6) is 0 Å². The summed E-state index contributed by atoms with van der Waals surface area (Å²) >= 11 is 0. The second-order valence-electron chi connectivity index (χ2n) is 3.25. The van der Waals surface area contributed by atoms with Crippen molar-refractivity contribution in [3.8, 4) is 0 Å². The number of anilines is 2. The van der Waals surface area contributed by atoms with E-state index in [4.69, 9.17) is 0 Å². The normalized spacial score (nSPS) is 10.2. The number of halogens is 2. The highest BCUT2D eigenvalue weighted by Crippen LogP contribution is 2.18. The topological polar surface area (TPSA) is 37.8 Å². The molecule has 5 heteroatoms. The van der Waals surface area contributed by atoms with Crippen molar-refractivity contribution in [2.24, 2.45) is 0 Å². The number of hydrogen-bond donors (Lipinski definition) is 1. The van der Waals surface area contributed by atoms with Crippen LogP contribution in [0, 0.1) is 18.6 Å². The van der Waals surface area contributed by atoms with E-state index in [9.17, 15) is 8.78 Å². The van der Waals surface area contributed by atoms with Crippen molar-refractivity contribution in [2.75, 3.05) is 5.32 Å². The van der Waals surface area contributed by atoms with Crippen molar-refractivity contribution >= 4 is 11.5 Å². The molecule has 3 nitrogen and oxygen atoms in total. The molecule has 2 rings (SSSR count). The first-order valence-corrected chi connectivity index (χ1v) is 4.66. The molecule has 0 fully saturated rings. The number of aromatic nitrogens is 2. The van der Waals surface area contributed by atoms with Crippen LogP contribution in [0.2, 0.25) is 0 Å². The van der Waals surface area contributed by atoms with Gasteiger partial charge in [0, 0.05) is 5.69 Å². The van der Waals surface area contributed by atoms with Crippen molar-refractivity contribution in [1.82, 2.24) is 9.97 Å². The summed E-state index contributed by atoms with van der Waals surface area (Å²) in [6, 6.07) is 5.58. The predicted octanol–water partition coefficient (Wildman–Crippen LogP) is 2.81. The van der Waals surface area contributed by atoms with Gasteiger partial charge in [0.25, 0.3) is 0 Å². The summed E-state index contributed by atoms with van der Waals surface area (Å²) in [5.74, 6) is -0.768. The Hall–Kier alpha value is -2.04. The number of hydrogen-bond acceptors (Lipinski definition) is 3. The molecule has 0 spiro atoms. The van der Waals surface area contributed by atoms with Gasteiger partial charge >= 0.3 is 0 Å². The molecule has 0 saturated carbocycles. The highest BCUT2D eigenvalue weighted by molar-refractivity contribution is 5.56. The molecule has 16 heavy (non-hydrogen) atoms. The lowest BCUT2D eigenvalue weighted by molar-refractivity contribution is 0.607. The Morgan fingerprint density at radius 2 is 1.75 bits per heavy atom. The zero-order chi connectivity index (χ0) is 11.5. The third-order valence-corrected chi connectivity index (χ3v) is 2.07. The summed E-state index contributed by atoms with van der Waals surface area (Å²) in [4.78, 5) is 7.47. The molecule has 1 heterocycles. The van der Waals surface area contributed by atoms with Crippen LogP contribution < -0.4 is 5.32 Å². The molecule has 1 N–H and O–H groups in total. The maximum absolute atomic E-state index is 13.5. The second kappa shape index (κ2) is 4.22.